The second-order valence-electron chi connectivity index (χ2n) is 3.20. The third kappa shape index (κ3) is 3.01. The first-order valence-electron chi connectivity index (χ1n) is 4.82. The molecule has 1 atom stereocenters. The molecular weight excluding hydrogens is 204 g/mol. The molecule has 0 aromatic heterocycles. The van der Waals surface area contributed by atoms with E-state index in [1.54, 1.807) is 18.2 Å². The number of benzene rings is 1. The van der Waals surface area contributed by atoms with Gasteiger partial charge in [-0.05, 0) is 12.1 Å². The molecule has 1 amide bonds. The topological polar surface area (TPSA) is 64.4 Å². The fourth-order valence-corrected chi connectivity index (χ4v) is 1.19. The Balaban J connectivity index is 2.73. The second kappa shape index (κ2) is 5.79. The van der Waals surface area contributed by atoms with E-state index in [0.29, 0.717) is 11.4 Å². The van der Waals surface area contributed by atoms with Crippen molar-refractivity contribution in [3.05, 3.63) is 24.3 Å². The fraction of sp³-hybridized carbons (Fsp3) is 0.250. The van der Waals surface area contributed by atoms with Crippen molar-refractivity contribution in [2.24, 2.45) is 5.73 Å². The first-order chi connectivity index (χ1) is 7.69. The number of methoxy groups -OCH3 is 1. The molecule has 1 aromatic rings. The highest BCUT2D eigenvalue weighted by atomic mass is 16.5. The average molecular weight is 218 g/mol. The number of terminal acetylenes is 1. The molecule has 0 radical (unpaired) electrons. The van der Waals surface area contributed by atoms with Crippen molar-refractivity contribution in [3.63, 3.8) is 0 Å². The molecule has 0 aliphatic heterocycles. The lowest BCUT2D eigenvalue weighted by Crippen LogP contribution is -2.35. The third-order valence-electron chi connectivity index (χ3n) is 2.04. The standard InChI is InChI=1S/C12H14N2O2/c1-3-6-9(13)12(15)14-10-7-4-5-8-11(10)16-2/h1,4-5,7-9H,6,13H2,2H3,(H,14,15). The normalized spacial score (nSPS) is 11.3. The highest BCUT2D eigenvalue weighted by Crippen LogP contribution is 2.22. The van der Waals surface area contributed by atoms with Crippen LogP contribution in [0.1, 0.15) is 6.42 Å². The molecule has 4 nitrogen and oxygen atoms in total. The number of ether oxygens (including phenoxy) is 1. The number of hydrogen-bond donors (Lipinski definition) is 2. The van der Waals surface area contributed by atoms with Crippen LogP contribution in [0.4, 0.5) is 5.69 Å². The molecule has 0 spiro atoms. The van der Waals surface area contributed by atoms with E-state index >= 15 is 0 Å². The minimum Gasteiger partial charge on any atom is -0.495 e. The van der Waals surface area contributed by atoms with Crippen molar-refractivity contribution >= 4 is 11.6 Å². The second-order valence-corrected chi connectivity index (χ2v) is 3.20. The molecule has 1 unspecified atom stereocenters. The van der Waals surface area contributed by atoms with Crippen LogP contribution < -0.4 is 15.8 Å². The van der Waals surface area contributed by atoms with Gasteiger partial charge >= 0.3 is 0 Å². The van der Waals surface area contributed by atoms with Gasteiger partial charge in [-0.25, -0.2) is 0 Å². The number of anilines is 1. The summed E-state index contributed by atoms with van der Waals surface area (Å²) in [6, 6.07) is 6.40. The maximum atomic E-state index is 11.6. The van der Waals surface area contributed by atoms with E-state index in [4.69, 9.17) is 16.9 Å². The summed E-state index contributed by atoms with van der Waals surface area (Å²) in [6.07, 6.45) is 5.29. The molecule has 84 valence electrons. The summed E-state index contributed by atoms with van der Waals surface area (Å²) in [6.45, 7) is 0. The van der Waals surface area contributed by atoms with Crippen LogP contribution in [-0.4, -0.2) is 19.1 Å². The Morgan fingerprint density at radius 1 is 1.62 bits per heavy atom. The van der Waals surface area contributed by atoms with Gasteiger partial charge in [-0.1, -0.05) is 12.1 Å². The Bertz CT molecular complexity index is 410. The highest BCUT2D eigenvalue weighted by molar-refractivity contribution is 5.96. The van der Waals surface area contributed by atoms with Crippen LogP contribution in [0.25, 0.3) is 0 Å². The van der Waals surface area contributed by atoms with Gasteiger partial charge in [0.25, 0.3) is 0 Å². The van der Waals surface area contributed by atoms with Crippen LogP contribution in [0, 0.1) is 12.3 Å². The monoisotopic (exact) mass is 218 g/mol. The maximum absolute atomic E-state index is 11.6. The van der Waals surface area contributed by atoms with E-state index in [0.717, 1.165) is 0 Å². The fourth-order valence-electron chi connectivity index (χ4n) is 1.19. The smallest absolute Gasteiger partial charge is 0.242 e. The van der Waals surface area contributed by atoms with Crippen LogP contribution >= 0.6 is 0 Å². The lowest BCUT2D eigenvalue weighted by atomic mass is 10.2. The Morgan fingerprint density at radius 3 is 2.94 bits per heavy atom. The predicted molar refractivity (Wildman–Crippen MR) is 63.0 cm³/mol. The molecule has 0 bridgehead atoms. The number of hydrogen-bond acceptors (Lipinski definition) is 3. The summed E-state index contributed by atoms with van der Waals surface area (Å²) < 4.78 is 5.09. The largest absolute Gasteiger partial charge is 0.495 e. The van der Waals surface area contributed by atoms with Crippen LogP contribution in [0.5, 0.6) is 5.75 Å². The van der Waals surface area contributed by atoms with Gasteiger partial charge in [0.05, 0.1) is 18.8 Å². The van der Waals surface area contributed by atoms with E-state index < -0.39 is 6.04 Å². The molecule has 0 aliphatic carbocycles. The van der Waals surface area contributed by atoms with Crippen molar-refractivity contribution in [2.75, 3.05) is 12.4 Å². The van der Waals surface area contributed by atoms with Crippen molar-refractivity contribution in [2.45, 2.75) is 12.5 Å². The van der Waals surface area contributed by atoms with Crippen LogP contribution in [-0.2, 0) is 4.79 Å². The number of amides is 1. The van der Waals surface area contributed by atoms with E-state index in [2.05, 4.69) is 11.2 Å². The molecule has 4 heteroatoms. The number of para-hydroxylation sites is 2. The molecule has 0 saturated carbocycles. The van der Waals surface area contributed by atoms with Gasteiger partial charge in [-0.3, -0.25) is 4.79 Å². The number of rotatable bonds is 4. The van der Waals surface area contributed by atoms with E-state index in [-0.39, 0.29) is 12.3 Å². The molecule has 16 heavy (non-hydrogen) atoms. The number of carbonyl (C=O) groups is 1. The average Bonchev–Trinajstić information content (AvgIpc) is 2.30. The molecule has 0 heterocycles. The van der Waals surface area contributed by atoms with Crippen molar-refractivity contribution in [3.8, 4) is 18.1 Å². The lowest BCUT2D eigenvalue weighted by molar-refractivity contribution is -0.117. The quantitative estimate of drug-likeness (QED) is 0.740. The van der Waals surface area contributed by atoms with Gasteiger partial charge in [0, 0.05) is 6.42 Å². The zero-order valence-electron chi connectivity index (χ0n) is 9.07. The van der Waals surface area contributed by atoms with Gasteiger partial charge in [0.15, 0.2) is 0 Å². The number of nitrogens with one attached hydrogen (secondary N) is 1. The maximum Gasteiger partial charge on any atom is 0.242 e. The van der Waals surface area contributed by atoms with E-state index in [1.165, 1.54) is 7.11 Å². The molecular formula is C12H14N2O2. The van der Waals surface area contributed by atoms with Gasteiger partial charge in [-0.2, -0.15) is 0 Å². The van der Waals surface area contributed by atoms with Crippen LogP contribution in [0.2, 0.25) is 0 Å². The number of nitrogens with two attached hydrogens (primary N) is 1. The Labute approximate surface area is 94.8 Å². The summed E-state index contributed by atoms with van der Waals surface area (Å²) in [5, 5.41) is 2.66. The molecule has 1 rings (SSSR count). The molecule has 3 N–H and O–H groups in total. The van der Waals surface area contributed by atoms with E-state index in [9.17, 15) is 4.79 Å². The zero-order chi connectivity index (χ0) is 12.0. The molecule has 0 saturated heterocycles. The SMILES string of the molecule is C#CCC(N)C(=O)Nc1ccccc1OC. The summed E-state index contributed by atoms with van der Waals surface area (Å²) in [5.41, 5.74) is 6.16. The van der Waals surface area contributed by atoms with Gasteiger partial charge in [-0.15, -0.1) is 12.3 Å². The van der Waals surface area contributed by atoms with Gasteiger partial charge in [0.1, 0.15) is 5.75 Å². The van der Waals surface area contributed by atoms with Crippen molar-refractivity contribution < 1.29 is 9.53 Å². The first kappa shape index (κ1) is 12.1. The summed E-state index contributed by atoms with van der Waals surface area (Å²) in [7, 11) is 1.53. The summed E-state index contributed by atoms with van der Waals surface area (Å²) >= 11 is 0. The lowest BCUT2D eigenvalue weighted by Gasteiger charge is -2.12. The van der Waals surface area contributed by atoms with Gasteiger partial charge in [0.2, 0.25) is 5.91 Å². The van der Waals surface area contributed by atoms with Gasteiger partial charge < -0.3 is 15.8 Å². The summed E-state index contributed by atoms with van der Waals surface area (Å²) in [5.74, 6) is 2.62. The first-order valence-corrected chi connectivity index (χ1v) is 4.82. The predicted octanol–water partition coefficient (Wildman–Crippen LogP) is 0.984. The Hall–Kier alpha value is -1.99. The number of carbonyl (C=O) groups excluding carboxylic acids is 1. The van der Waals surface area contributed by atoms with E-state index in [1.807, 2.05) is 6.07 Å². The van der Waals surface area contributed by atoms with Crippen molar-refractivity contribution in [1.82, 2.24) is 0 Å². The van der Waals surface area contributed by atoms with Crippen LogP contribution in [0.15, 0.2) is 24.3 Å². The molecule has 0 fully saturated rings. The van der Waals surface area contributed by atoms with Crippen LogP contribution in [0.3, 0.4) is 0 Å². The Morgan fingerprint density at radius 2 is 2.31 bits per heavy atom. The summed E-state index contributed by atoms with van der Waals surface area (Å²) in [4.78, 5) is 11.6. The molecule has 0 aliphatic rings. The highest BCUT2D eigenvalue weighted by Gasteiger charge is 2.13. The minimum atomic E-state index is -0.699. The minimum absolute atomic E-state index is 0.209. The Kier molecular flexibility index (Phi) is 4.37. The van der Waals surface area contributed by atoms with Crippen molar-refractivity contribution in [1.29, 1.82) is 0 Å². The zero-order valence-corrected chi connectivity index (χ0v) is 9.07. The third-order valence-corrected chi connectivity index (χ3v) is 2.04. The molecule has 1 aromatic carbocycles.